The molecule has 1 aliphatic rings. The second-order valence-corrected chi connectivity index (χ2v) is 5.92. The standard InChI is InChI=1S/C17H19FN4O2/c1-11-9-12(21-20-11)10-16(23)19-14-6-4-8-22(17(14)24)15-7-3-2-5-13(15)18/h2-3,5,7,9,14H,4,6,8,10H2,1H3,(H,19,23)(H,20,21)/t14-/m1/s1. The van der Waals surface area contributed by atoms with Crippen LogP contribution in [0.15, 0.2) is 30.3 Å². The van der Waals surface area contributed by atoms with Gasteiger partial charge >= 0.3 is 0 Å². The van der Waals surface area contributed by atoms with Gasteiger partial charge in [0, 0.05) is 12.2 Å². The maximum Gasteiger partial charge on any atom is 0.249 e. The van der Waals surface area contributed by atoms with E-state index in [-0.39, 0.29) is 23.9 Å². The molecule has 1 aliphatic heterocycles. The van der Waals surface area contributed by atoms with Crippen molar-refractivity contribution in [3.05, 3.63) is 47.5 Å². The molecule has 0 aliphatic carbocycles. The smallest absolute Gasteiger partial charge is 0.249 e. The van der Waals surface area contributed by atoms with Crippen molar-refractivity contribution in [1.82, 2.24) is 15.5 Å². The lowest BCUT2D eigenvalue weighted by Gasteiger charge is -2.32. The summed E-state index contributed by atoms with van der Waals surface area (Å²) in [6.45, 7) is 2.30. The molecule has 2 heterocycles. The van der Waals surface area contributed by atoms with Gasteiger partial charge in [-0.25, -0.2) is 4.39 Å². The number of aryl methyl sites for hydroxylation is 1. The number of amides is 2. The average molecular weight is 330 g/mol. The number of nitrogens with zero attached hydrogens (tertiary/aromatic N) is 2. The number of hydrogen-bond acceptors (Lipinski definition) is 3. The van der Waals surface area contributed by atoms with E-state index in [4.69, 9.17) is 0 Å². The number of aromatic amines is 1. The molecule has 0 saturated carbocycles. The predicted octanol–water partition coefficient (Wildman–Crippen LogP) is 1.71. The predicted molar refractivity (Wildman–Crippen MR) is 86.9 cm³/mol. The topological polar surface area (TPSA) is 78.1 Å². The summed E-state index contributed by atoms with van der Waals surface area (Å²) in [6, 6.07) is 7.32. The van der Waals surface area contributed by atoms with E-state index in [2.05, 4.69) is 15.5 Å². The van der Waals surface area contributed by atoms with E-state index in [1.165, 1.54) is 11.0 Å². The van der Waals surface area contributed by atoms with Crippen LogP contribution >= 0.6 is 0 Å². The molecule has 0 radical (unpaired) electrons. The number of H-pyrrole nitrogens is 1. The summed E-state index contributed by atoms with van der Waals surface area (Å²) in [6.07, 6.45) is 1.36. The third-order valence-corrected chi connectivity index (χ3v) is 4.02. The van der Waals surface area contributed by atoms with Crippen LogP contribution in [0.5, 0.6) is 0 Å². The number of halogens is 1. The summed E-state index contributed by atoms with van der Waals surface area (Å²) in [5.74, 6) is -0.988. The minimum atomic E-state index is -0.633. The van der Waals surface area contributed by atoms with E-state index in [9.17, 15) is 14.0 Å². The Kier molecular flexibility index (Phi) is 4.59. The maximum absolute atomic E-state index is 13.9. The van der Waals surface area contributed by atoms with Crippen molar-refractivity contribution in [1.29, 1.82) is 0 Å². The number of rotatable bonds is 4. The Bertz CT molecular complexity index is 759. The molecule has 0 unspecified atom stereocenters. The highest BCUT2D eigenvalue weighted by Crippen LogP contribution is 2.23. The second kappa shape index (κ2) is 6.82. The van der Waals surface area contributed by atoms with E-state index in [1.54, 1.807) is 24.3 Å². The maximum atomic E-state index is 13.9. The fraction of sp³-hybridized carbons (Fsp3) is 0.353. The summed E-state index contributed by atoms with van der Waals surface area (Å²) < 4.78 is 13.9. The lowest BCUT2D eigenvalue weighted by atomic mass is 10.0. The molecule has 7 heteroatoms. The van der Waals surface area contributed by atoms with Crippen molar-refractivity contribution in [3.8, 4) is 0 Å². The van der Waals surface area contributed by atoms with Gasteiger partial charge in [0.2, 0.25) is 11.8 Å². The first-order valence-electron chi connectivity index (χ1n) is 7.91. The van der Waals surface area contributed by atoms with Gasteiger partial charge in [0.25, 0.3) is 0 Å². The minimum Gasteiger partial charge on any atom is -0.344 e. The first-order chi connectivity index (χ1) is 11.5. The Morgan fingerprint density at radius 1 is 1.46 bits per heavy atom. The molecule has 6 nitrogen and oxygen atoms in total. The molecular formula is C17H19FN4O2. The molecule has 126 valence electrons. The number of nitrogens with one attached hydrogen (secondary N) is 2. The number of aromatic nitrogens is 2. The van der Waals surface area contributed by atoms with Crippen LogP contribution in [0.1, 0.15) is 24.2 Å². The lowest BCUT2D eigenvalue weighted by Crippen LogP contribution is -2.53. The molecule has 2 amide bonds. The van der Waals surface area contributed by atoms with Gasteiger partial charge in [-0.15, -0.1) is 0 Å². The van der Waals surface area contributed by atoms with Gasteiger partial charge < -0.3 is 10.2 Å². The molecule has 0 bridgehead atoms. The van der Waals surface area contributed by atoms with Gasteiger partial charge in [-0.2, -0.15) is 5.10 Å². The summed E-state index contributed by atoms with van der Waals surface area (Å²) >= 11 is 0. The summed E-state index contributed by atoms with van der Waals surface area (Å²) in [5, 5.41) is 9.52. The number of piperidine rings is 1. The van der Waals surface area contributed by atoms with Crippen LogP contribution in [0, 0.1) is 12.7 Å². The Balaban J connectivity index is 1.67. The molecule has 1 fully saturated rings. The van der Waals surface area contributed by atoms with E-state index in [0.717, 1.165) is 5.69 Å². The number of benzene rings is 1. The van der Waals surface area contributed by atoms with Gasteiger partial charge in [-0.3, -0.25) is 14.7 Å². The van der Waals surface area contributed by atoms with Crippen molar-refractivity contribution in [2.45, 2.75) is 32.2 Å². The fourth-order valence-corrected chi connectivity index (χ4v) is 2.89. The second-order valence-electron chi connectivity index (χ2n) is 5.92. The van der Waals surface area contributed by atoms with Crippen LogP contribution in [0.4, 0.5) is 10.1 Å². The van der Waals surface area contributed by atoms with Crippen molar-refractivity contribution in [2.75, 3.05) is 11.4 Å². The minimum absolute atomic E-state index is 0.105. The highest BCUT2D eigenvalue weighted by atomic mass is 19.1. The average Bonchev–Trinajstić information content (AvgIpc) is 2.95. The first kappa shape index (κ1) is 16.2. The van der Waals surface area contributed by atoms with Crippen LogP contribution in [-0.2, 0) is 16.0 Å². The molecule has 24 heavy (non-hydrogen) atoms. The van der Waals surface area contributed by atoms with Gasteiger partial charge in [-0.1, -0.05) is 12.1 Å². The van der Waals surface area contributed by atoms with E-state index in [1.807, 2.05) is 6.92 Å². The van der Waals surface area contributed by atoms with Gasteiger partial charge in [0.05, 0.1) is 17.8 Å². The number of para-hydroxylation sites is 1. The van der Waals surface area contributed by atoms with Crippen molar-refractivity contribution in [3.63, 3.8) is 0 Å². The van der Waals surface area contributed by atoms with E-state index < -0.39 is 11.9 Å². The Hall–Kier alpha value is -2.70. The highest BCUT2D eigenvalue weighted by Gasteiger charge is 2.31. The Labute approximate surface area is 139 Å². The van der Waals surface area contributed by atoms with E-state index >= 15 is 0 Å². The zero-order valence-corrected chi connectivity index (χ0v) is 13.4. The zero-order valence-electron chi connectivity index (χ0n) is 13.4. The van der Waals surface area contributed by atoms with Crippen LogP contribution < -0.4 is 10.2 Å². The van der Waals surface area contributed by atoms with Crippen molar-refractivity contribution >= 4 is 17.5 Å². The molecule has 1 saturated heterocycles. The lowest BCUT2D eigenvalue weighted by molar-refractivity contribution is -0.128. The molecule has 1 aromatic heterocycles. The normalized spacial score (nSPS) is 17.8. The van der Waals surface area contributed by atoms with Gasteiger partial charge in [0.1, 0.15) is 11.9 Å². The summed E-state index contributed by atoms with van der Waals surface area (Å²) in [4.78, 5) is 26.1. The number of hydrogen-bond donors (Lipinski definition) is 2. The molecule has 2 N–H and O–H groups in total. The van der Waals surface area contributed by atoms with Gasteiger partial charge in [0.15, 0.2) is 0 Å². The first-order valence-corrected chi connectivity index (χ1v) is 7.91. The molecule has 1 aromatic carbocycles. The summed E-state index contributed by atoms with van der Waals surface area (Å²) in [7, 11) is 0. The van der Waals surface area contributed by atoms with Crippen LogP contribution in [0.2, 0.25) is 0 Å². The quantitative estimate of drug-likeness (QED) is 0.896. The molecular weight excluding hydrogens is 311 g/mol. The highest BCUT2D eigenvalue weighted by molar-refractivity contribution is 6.00. The van der Waals surface area contributed by atoms with Crippen molar-refractivity contribution < 1.29 is 14.0 Å². The molecule has 1 atom stereocenters. The molecule has 3 rings (SSSR count). The largest absolute Gasteiger partial charge is 0.344 e. The SMILES string of the molecule is Cc1cc(CC(=O)N[C@@H]2CCCN(c3ccccc3F)C2=O)n[nH]1. The summed E-state index contributed by atoms with van der Waals surface area (Å²) in [5.41, 5.74) is 1.75. The fourth-order valence-electron chi connectivity index (χ4n) is 2.89. The Morgan fingerprint density at radius 2 is 2.25 bits per heavy atom. The monoisotopic (exact) mass is 330 g/mol. The third kappa shape index (κ3) is 3.45. The van der Waals surface area contributed by atoms with Crippen molar-refractivity contribution in [2.24, 2.45) is 0 Å². The third-order valence-electron chi connectivity index (χ3n) is 4.02. The number of anilines is 1. The van der Waals surface area contributed by atoms with Crippen LogP contribution in [-0.4, -0.2) is 34.6 Å². The zero-order chi connectivity index (χ0) is 17.1. The van der Waals surface area contributed by atoms with Crippen LogP contribution in [0.25, 0.3) is 0 Å². The van der Waals surface area contributed by atoms with E-state index in [0.29, 0.717) is 25.1 Å². The number of carbonyl (C=O) groups excluding carboxylic acids is 2. The molecule has 0 spiro atoms. The number of carbonyl (C=O) groups is 2. The van der Waals surface area contributed by atoms with Crippen LogP contribution in [0.3, 0.4) is 0 Å². The molecule has 2 aromatic rings. The Morgan fingerprint density at radius 3 is 2.96 bits per heavy atom. The van der Waals surface area contributed by atoms with Gasteiger partial charge in [-0.05, 0) is 38.0 Å².